The van der Waals surface area contributed by atoms with Crippen molar-refractivity contribution in [2.24, 2.45) is 23.2 Å². The normalized spacial score (nSPS) is 47.2. The molecule has 2 heteroatoms. The van der Waals surface area contributed by atoms with E-state index >= 15 is 0 Å². The summed E-state index contributed by atoms with van der Waals surface area (Å²) in [4.78, 5) is 11.8. The van der Waals surface area contributed by atoms with E-state index in [9.17, 15) is 4.79 Å². The third-order valence-corrected chi connectivity index (χ3v) is 5.98. The van der Waals surface area contributed by atoms with Crippen LogP contribution >= 0.6 is 0 Å². The van der Waals surface area contributed by atoms with Crippen LogP contribution in [0.4, 0.5) is 0 Å². The van der Waals surface area contributed by atoms with Gasteiger partial charge in [0.05, 0.1) is 0 Å². The molecule has 106 valence electrons. The van der Waals surface area contributed by atoms with Crippen LogP contribution in [0.5, 0.6) is 0 Å². The first-order valence-corrected chi connectivity index (χ1v) is 7.87. The molecule has 0 heterocycles. The fourth-order valence-electron chi connectivity index (χ4n) is 5.69. The number of esters is 1. The first kappa shape index (κ1) is 13.2. The van der Waals surface area contributed by atoms with E-state index in [-0.39, 0.29) is 11.6 Å². The van der Waals surface area contributed by atoms with E-state index in [0.717, 1.165) is 18.8 Å². The zero-order valence-electron chi connectivity index (χ0n) is 12.3. The SMILES string of the molecule is C=CC(=O)OC1(CCC)C2CC3CC1CC(C)(C3)C2. The monoisotopic (exact) mass is 262 g/mol. The van der Waals surface area contributed by atoms with Crippen molar-refractivity contribution < 1.29 is 9.53 Å². The van der Waals surface area contributed by atoms with E-state index in [0.29, 0.717) is 17.3 Å². The molecular formula is C17H26O2. The first-order valence-electron chi connectivity index (χ1n) is 7.87. The Hall–Kier alpha value is -0.790. The summed E-state index contributed by atoms with van der Waals surface area (Å²) in [5.41, 5.74) is 0.352. The zero-order chi connectivity index (χ0) is 13.7. The number of carbonyl (C=O) groups excluding carboxylic acids is 1. The Balaban J connectivity index is 1.92. The second-order valence-electron chi connectivity index (χ2n) is 7.48. The van der Waals surface area contributed by atoms with Crippen molar-refractivity contribution in [1.82, 2.24) is 0 Å². The summed E-state index contributed by atoms with van der Waals surface area (Å²) in [5.74, 6) is 1.85. The topological polar surface area (TPSA) is 26.3 Å². The summed E-state index contributed by atoms with van der Waals surface area (Å²) in [5, 5.41) is 0. The summed E-state index contributed by atoms with van der Waals surface area (Å²) < 4.78 is 5.99. The van der Waals surface area contributed by atoms with Gasteiger partial charge in [0.1, 0.15) is 5.60 Å². The molecule has 4 bridgehead atoms. The number of hydrogen-bond donors (Lipinski definition) is 0. The van der Waals surface area contributed by atoms with E-state index in [1.807, 2.05) is 0 Å². The Kier molecular flexibility index (Phi) is 3.03. The maximum atomic E-state index is 11.8. The van der Waals surface area contributed by atoms with Crippen LogP contribution in [0.2, 0.25) is 0 Å². The van der Waals surface area contributed by atoms with Gasteiger partial charge in [-0.1, -0.05) is 26.8 Å². The van der Waals surface area contributed by atoms with E-state index < -0.39 is 0 Å². The van der Waals surface area contributed by atoms with Crippen LogP contribution in [0.15, 0.2) is 12.7 Å². The van der Waals surface area contributed by atoms with E-state index in [1.54, 1.807) is 0 Å². The van der Waals surface area contributed by atoms with Crippen LogP contribution in [0.25, 0.3) is 0 Å². The number of ether oxygens (including phenoxy) is 1. The number of hydrogen-bond acceptors (Lipinski definition) is 2. The maximum absolute atomic E-state index is 11.8. The standard InChI is InChI=1S/C17H26O2/c1-4-6-17(19-15(18)5-2)13-7-12-8-14(17)11-16(3,9-12)10-13/h5,12-14H,2,4,6-11H2,1,3H3. The molecule has 4 rings (SSSR count). The molecule has 0 aromatic rings. The Labute approximate surface area is 116 Å². The lowest BCUT2D eigenvalue weighted by Crippen LogP contribution is -2.62. The fourth-order valence-corrected chi connectivity index (χ4v) is 5.69. The van der Waals surface area contributed by atoms with Gasteiger partial charge in [0.15, 0.2) is 0 Å². The lowest BCUT2D eigenvalue weighted by atomic mass is 9.44. The lowest BCUT2D eigenvalue weighted by molar-refractivity contribution is -0.221. The van der Waals surface area contributed by atoms with Gasteiger partial charge in [-0.05, 0) is 61.7 Å². The zero-order valence-corrected chi connectivity index (χ0v) is 12.3. The minimum Gasteiger partial charge on any atom is -0.455 e. The molecule has 0 N–H and O–H groups in total. The molecule has 0 spiro atoms. The lowest BCUT2D eigenvalue weighted by Gasteiger charge is -2.64. The predicted molar refractivity (Wildman–Crippen MR) is 75.6 cm³/mol. The van der Waals surface area contributed by atoms with Crippen molar-refractivity contribution in [2.45, 2.75) is 64.4 Å². The highest BCUT2D eigenvalue weighted by Gasteiger charge is 2.62. The highest BCUT2D eigenvalue weighted by Crippen LogP contribution is 2.65. The molecule has 2 atom stereocenters. The Bertz CT molecular complexity index is 382. The van der Waals surface area contributed by atoms with Crippen molar-refractivity contribution in [3.63, 3.8) is 0 Å². The third-order valence-electron chi connectivity index (χ3n) is 5.98. The quantitative estimate of drug-likeness (QED) is 0.563. The summed E-state index contributed by atoms with van der Waals surface area (Å²) >= 11 is 0. The summed E-state index contributed by atoms with van der Waals surface area (Å²) in [7, 11) is 0. The average molecular weight is 262 g/mol. The summed E-state index contributed by atoms with van der Waals surface area (Å²) in [6, 6.07) is 0. The highest BCUT2D eigenvalue weighted by atomic mass is 16.6. The number of rotatable bonds is 4. The Morgan fingerprint density at radius 1 is 1.32 bits per heavy atom. The van der Waals surface area contributed by atoms with Crippen LogP contribution < -0.4 is 0 Å². The van der Waals surface area contributed by atoms with E-state index in [4.69, 9.17) is 4.74 Å². The average Bonchev–Trinajstić information content (AvgIpc) is 2.34. The molecule has 4 aliphatic rings. The van der Waals surface area contributed by atoms with Crippen LogP contribution in [-0.2, 0) is 9.53 Å². The van der Waals surface area contributed by atoms with Crippen LogP contribution in [-0.4, -0.2) is 11.6 Å². The molecule has 4 fully saturated rings. The van der Waals surface area contributed by atoms with Gasteiger partial charge in [-0.25, -0.2) is 4.79 Å². The summed E-state index contributed by atoms with van der Waals surface area (Å²) in [6.45, 7) is 8.23. The minimum atomic E-state index is -0.217. The summed E-state index contributed by atoms with van der Waals surface area (Å²) in [6.07, 6.45) is 9.92. The third kappa shape index (κ3) is 1.95. The second-order valence-corrected chi connectivity index (χ2v) is 7.48. The van der Waals surface area contributed by atoms with Gasteiger partial charge >= 0.3 is 5.97 Å². The molecule has 0 aromatic carbocycles. The van der Waals surface area contributed by atoms with Crippen molar-refractivity contribution >= 4 is 5.97 Å². The molecule has 4 aliphatic carbocycles. The molecule has 19 heavy (non-hydrogen) atoms. The van der Waals surface area contributed by atoms with Crippen molar-refractivity contribution in [1.29, 1.82) is 0 Å². The smallest absolute Gasteiger partial charge is 0.330 e. The van der Waals surface area contributed by atoms with Gasteiger partial charge in [-0.15, -0.1) is 0 Å². The van der Waals surface area contributed by atoms with Gasteiger partial charge in [-0.2, -0.15) is 0 Å². The van der Waals surface area contributed by atoms with Crippen LogP contribution in [0.3, 0.4) is 0 Å². The van der Waals surface area contributed by atoms with Gasteiger partial charge < -0.3 is 4.74 Å². The Morgan fingerprint density at radius 3 is 2.42 bits per heavy atom. The second kappa shape index (κ2) is 4.36. The van der Waals surface area contributed by atoms with Gasteiger partial charge in [0.25, 0.3) is 0 Å². The predicted octanol–water partition coefficient (Wildman–Crippen LogP) is 4.10. The molecule has 0 aliphatic heterocycles. The van der Waals surface area contributed by atoms with E-state index in [1.165, 1.54) is 38.2 Å². The Morgan fingerprint density at radius 2 is 1.95 bits per heavy atom. The van der Waals surface area contributed by atoms with Crippen LogP contribution in [0.1, 0.15) is 58.8 Å². The van der Waals surface area contributed by atoms with Crippen molar-refractivity contribution in [3.05, 3.63) is 12.7 Å². The van der Waals surface area contributed by atoms with Gasteiger partial charge in [0.2, 0.25) is 0 Å². The molecule has 2 nitrogen and oxygen atoms in total. The molecular weight excluding hydrogens is 236 g/mol. The van der Waals surface area contributed by atoms with Crippen LogP contribution in [0, 0.1) is 23.2 Å². The number of carbonyl (C=O) groups is 1. The highest BCUT2D eigenvalue weighted by molar-refractivity contribution is 5.81. The fraction of sp³-hybridized carbons (Fsp3) is 0.824. The van der Waals surface area contributed by atoms with Gasteiger partial charge in [-0.3, -0.25) is 0 Å². The molecule has 0 saturated heterocycles. The molecule has 2 unspecified atom stereocenters. The van der Waals surface area contributed by atoms with Crippen molar-refractivity contribution in [3.8, 4) is 0 Å². The maximum Gasteiger partial charge on any atom is 0.330 e. The largest absolute Gasteiger partial charge is 0.455 e. The molecule has 0 aromatic heterocycles. The molecule has 4 saturated carbocycles. The first-order chi connectivity index (χ1) is 9.01. The molecule has 0 amide bonds. The molecule has 0 radical (unpaired) electrons. The van der Waals surface area contributed by atoms with Gasteiger partial charge in [0, 0.05) is 6.08 Å². The van der Waals surface area contributed by atoms with Crippen molar-refractivity contribution in [2.75, 3.05) is 0 Å². The minimum absolute atomic E-state index is 0.170. The van der Waals surface area contributed by atoms with E-state index in [2.05, 4.69) is 20.4 Å².